The fraction of sp³-hybridized carbons (Fsp3) is 0.455. The minimum absolute atomic E-state index is 0.0124. The third-order valence-electron chi connectivity index (χ3n) is 10.4. The van der Waals surface area contributed by atoms with E-state index in [0.717, 1.165) is 34.9 Å². The van der Waals surface area contributed by atoms with E-state index in [2.05, 4.69) is 4.99 Å². The van der Waals surface area contributed by atoms with Crippen LogP contribution in [0.3, 0.4) is 0 Å². The van der Waals surface area contributed by atoms with Crippen LogP contribution in [-0.2, 0) is 4.74 Å². The minimum atomic E-state index is -2.99. The number of halogens is 8. The summed E-state index contributed by atoms with van der Waals surface area (Å²) in [6.45, 7) is -0.724. The fourth-order valence-electron chi connectivity index (χ4n) is 7.90. The van der Waals surface area contributed by atoms with Gasteiger partial charge in [0.25, 0.3) is 12.9 Å². The molecule has 0 spiro atoms. The highest BCUT2D eigenvalue weighted by atomic mass is 35.5. The Bertz CT molecular complexity index is 2140. The lowest BCUT2D eigenvalue weighted by Gasteiger charge is -2.39. The maximum atomic E-state index is 17.3. The lowest BCUT2D eigenvalue weighted by Crippen LogP contribution is -2.53. The number of fused-ring (bicyclic) bond motifs is 2. The Balaban J connectivity index is 1.37. The summed E-state index contributed by atoms with van der Waals surface area (Å²) in [6.07, 6.45) is -4.34. The highest BCUT2D eigenvalue weighted by molar-refractivity contribution is 7.23. The summed E-state index contributed by atoms with van der Waals surface area (Å²) in [4.78, 5) is 8.60. The van der Waals surface area contributed by atoms with Gasteiger partial charge in [-0.15, -0.1) is 11.3 Å². The number of nitriles is 1. The molecule has 0 radical (unpaired) electrons. The van der Waals surface area contributed by atoms with Crippen LogP contribution in [0.15, 0.2) is 29.3 Å². The van der Waals surface area contributed by atoms with Crippen LogP contribution in [0, 0.1) is 23.0 Å². The van der Waals surface area contributed by atoms with Crippen LogP contribution in [0.4, 0.5) is 35.7 Å². The molecule has 2 saturated heterocycles. The number of benzene rings is 2. The highest BCUT2D eigenvalue weighted by Crippen LogP contribution is 2.51. The number of ether oxygens (including phenoxy) is 2. The summed E-state index contributed by atoms with van der Waals surface area (Å²) in [6, 6.07) is 4.21. The van der Waals surface area contributed by atoms with Gasteiger partial charge in [-0.05, 0) is 43.9 Å². The lowest BCUT2D eigenvalue weighted by atomic mass is 9.95. The Kier molecular flexibility index (Phi) is 7.85. The molecule has 8 rings (SSSR count). The molecule has 3 fully saturated rings. The van der Waals surface area contributed by atoms with E-state index in [1.54, 1.807) is 0 Å². The number of nitrogens with two attached hydrogens (primary N) is 1. The Hall–Kier alpha value is -3.94. The molecular formula is C33H28ClF7N6O2S. The molecule has 2 aromatic carbocycles. The first-order valence-electron chi connectivity index (χ1n) is 15.9. The molecule has 264 valence electrons. The Morgan fingerprint density at radius 1 is 1.20 bits per heavy atom. The van der Waals surface area contributed by atoms with Crippen molar-refractivity contribution in [2.75, 3.05) is 38.6 Å². The van der Waals surface area contributed by atoms with Gasteiger partial charge in [0.05, 0.1) is 44.1 Å². The average molecular weight is 741 g/mol. The van der Waals surface area contributed by atoms with Gasteiger partial charge in [-0.2, -0.15) is 5.26 Å². The van der Waals surface area contributed by atoms with Gasteiger partial charge in [0, 0.05) is 23.9 Å². The zero-order valence-electron chi connectivity index (χ0n) is 26.1. The fourth-order valence-corrected chi connectivity index (χ4v) is 9.19. The van der Waals surface area contributed by atoms with Gasteiger partial charge >= 0.3 is 5.95 Å². The first-order valence-corrected chi connectivity index (χ1v) is 17.1. The Morgan fingerprint density at radius 2 is 1.98 bits per heavy atom. The van der Waals surface area contributed by atoms with Crippen molar-refractivity contribution < 1.29 is 40.2 Å². The summed E-state index contributed by atoms with van der Waals surface area (Å²) < 4.78 is 117. The van der Waals surface area contributed by atoms with E-state index >= 15 is 4.39 Å². The maximum Gasteiger partial charge on any atom is 0.302 e. The SMILES string of the molecule is N#Cc1c(N)sc2c(F)ccc(-c3c(F)c4c5c(c3Cl)=NCN(C3(C(F)F)CC3)C=5N(CC(F)F)C=C(OC[C@@]35CCCN3C[C@H](F)C5)O4)c12. The van der Waals surface area contributed by atoms with E-state index in [-0.39, 0.29) is 85.6 Å². The molecule has 4 aliphatic heterocycles. The van der Waals surface area contributed by atoms with Crippen molar-refractivity contribution in [1.29, 1.82) is 5.26 Å². The van der Waals surface area contributed by atoms with Crippen molar-refractivity contribution in [2.24, 2.45) is 4.99 Å². The molecule has 1 aliphatic carbocycles. The normalized spacial score (nSPS) is 23.8. The van der Waals surface area contributed by atoms with Crippen LogP contribution < -0.4 is 21.0 Å². The van der Waals surface area contributed by atoms with E-state index in [1.165, 1.54) is 11.0 Å². The minimum Gasteiger partial charge on any atom is -0.462 e. The number of hydrogen-bond donors (Lipinski definition) is 1. The summed E-state index contributed by atoms with van der Waals surface area (Å²) in [5, 5.41) is 9.14. The lowest BCUT2D eigenvalue weighted by molar-refractivity contribution is 0.0202. The van der Waals surface area contributed by atoms with Crippen LogP contribution in [0.2, 0.25) is 5.02 Å². The van der Waals surface area contributed by atoms with Gasteiger partial charge in [0.15, 0.2) is 11.6 Å². The molecule has 8 nitrogen and oxygen atoms in total. The van der Waals surface area contributed by atoms with Crippen LogP contribution in [0.1, 0.15) is 37.7 Å². The van der Waals surface area contributed by atoms with E-state index < -0.39 is 66.6 Å². The van der Waals surface area contributed by atoms with Crippen molar-refractivity contribution in [3.8, 4) is 22.9 Å². The van der Waals surface area contributed by atoms with Gasteiger partial charge in [0.1, 0.15) is 47.7 Å². The van der Waals surface area contributed by atoms with Crippen molar-refractivity contribution in [3.05, 3.63) is 57.1 Å². The topological polar surface area (TPSA) is 90.3 Å². The first kappa shape index (κ1) is 33.2. The number of alkyl halides is 5. The van der Waals surface area contributed by atoms with Crippen molar-refractivity contribution >= 4 is 43.8 Å². The van der Waals surface area contributed by atoms with E-state index in [4.69, 9.17) is 26.8 Å². The second-order valence-electron chi connectivity index (χ2n) is 13.2. The van der Waals surface area contributed by atoms with Gasteiger partial charge in [0.2, 0.25) is 0 Å². The molecule has 5 aliphatic rings. The number of hydrogen-bond acceptors (Lipinski definition) is 9. The van der Waals surface area contributed by atoms with Crippen LogP contribution in [0.5, 0.6) is 5.75 Å². The smallest absolute Gasteiger partial charge is 0.302 e. The quantitative estimate of drug-likeness (QED) is 0.281. The molecule has 2 N–H and O–H groups in total. The van der Waals surface area contributed by atoms with Crippen LogP contribution in [0.25, 0.3) is 27.0 Å². The van der Waals surface area contributed by atoms with Crippen molar-refractivity contribution in [1.82, 2.24) is 14.7 Å². The third-order valence-corrected chi connectivity index (χ3v) is 11.8. The van der Waals surface area contributed by atoms with Crippen LogP contribution in [-0.4, -0.2) is 77.7 Å². The monoisotopic (exact) mass is 740 g/mol. The van der Waals surface area contributed by atoms with E-state index in [1.807, 2.05) is 11.0 Å². The zero-order valence-corrected chi connectivity index (χ0v) is 27.7. The molecule has 1 aromatic heterocycles. The predicted octanol–water partition coefficient (Wildman–Crippen LogP) is 6.06. The highest BCUT2D eigenvalue weighted by Gasteiger charge is 2.58. The van der Waals surface area contributed by atoms with Crippen LogP contribution >= 0.6 is 22.9 Å². The van der Waals surface area contributed by atoms with Crippen molar-refractivity contribution in [3.63, 3.8) is 0 Å². The van der Waals surface area contributed by atoms with E-state index in [9.17, 15) is 31.6 Å². The predicted molar refractivity (Wildman–Crippen MR) is 171 cm³/mol. The summed E-state index contributed by atoms with van der Waals surface area (Å²) >= 11 is 7.69. The Labute approximate surface area is 289 Å². The molecular weight excluding hydrogens is 713 g/mol. The zero-order chi connectivity index (χ0) is 35.3. The second kappa shape index (κ2) is 11.8. The number of rotatable bonds is 8. The molecule has 0 unspecified atom stereocenters. The number of nitrogen functional groups attached to an aromatic ring is 1. The van der Waals surface area contributed by atoms with Gasteiger partial charge in [-0.3, -0.25) is 9.89 Å². The van der Waals surface area contributed by atoms with Gasteiger partial charge in [-0.25, -0.2) is 30.7 Å². The molecule has 50 heavy (non-hydrogen) atoms. The number of nitrogens with zero attached hydrogens (tertiary/aromatic N) is 5. The largest absolute Gasteiger partial charge is 0.462 e. The molecule has 2 atom stereocenters. The second-order valence-corrected chi connectivity index (χ2v) is 14.7. The summed E-state index contributed by atoms with van der Waals surface area (Å²) in [7, 11) is 0. The maximum absolute atomic E-state index is 17.3. The molecule has 0 amide bonds. The number of anilines is 1. The molecule has 1 saturated carbocycles. The van der Waals surface area contributed by atoms with E-state index in [0.29, 0.717) is 13.0 Å². The molecule has 3 aromatic rings. The molecule has 5 heterocycles. The molecule has 0 bridgehead atoms. The molecule has 17 heteroatoms. The first-order chi connectivity index (χ1) is 23.9. The average Bonchev–Trinajstić information content (AvgIpc) is 3.62. The summed E-state index contributed by atoms with van der Waals surface area (Å²) in [5.74, 6) is -3.14. The van der Waals surface area contributed by atoms with Gasteiger partial charge in [-0.1, -0.05) is 17.7 Å². The third kappa shape index (κ3) is 4.90. The standard InChI is InChI=1S/C33H28ClF7N6O2S/c34-24-22(16-2-3-18(36)28-21(16)17(9-42)29(43)50-28)25(39)27-23-26(24)44-14-47(33(5-6-33)31(40)41)30(23)45(11-19(37)38)12-20(49-27)48-13-32-4-1-7-46(32)10-15(35)8-32/h2-3,12,15,19,31H,1,4-8,10-11,13-14,43H2/t15-,32+/m1/s1. The number of thiophene rings is 1. The van der Waals surface area contributed by atoms with Gasteiger partial charge < -0.3 is 25.0 Å². The Morgan fingerprint density at radius 3 is 2.68 bits per heavy atom. The summed E-state index contributed by atoms with van der Waals surface area (Å²) in [5.41, 5.74) is 3.06. The van der Waals surface area contributed by atoms with Crippen molar-refractivity contribution in [2.45, 2.75) is 62.2 Å².